The fraction of sp³-hybridized carbons (Fsp3) is 0.346. The van der Waals surface area contributed by atoms with Gasteiger partial charge in [-0.2, -0.15) is 0 Å². The fourth-order valence-electron chi connectivity index (χ4n) is 4.61. The number of likely N-dealkylation sites (tertiary alicyclic amines) is 1. The number of hydrogen-bond donors (Lipinski definition) is 1. The van der Waals surface area contributed by atoms with Crippen molar-refractivity contribution in [1.29, 1.82) is 0 Å². The van der Waals surface area contributed by atoms with Gasteiger partial charge in [0.1, 0.15) is 6.10 Å². The summed E-state index contributed by atoms with van der Waals surface area (Å²) >= 11 is 5.91. The lowest BCUT2D eigenvalue weighted by Gasteiger charge is -2.31. The van der Waals surface area contributed by atoms with Crippen molar-refractivity contribution in [3.05, 3.63) is 88.5 Å². The molecule has 3 aromatic rings. The maximum absolute atomic E-state index is 13.2. The van der Waals surface area contributed by atoms with Gasteiger partial charge in [-0.1, -0.05) is 54.1 Å². The van der Waals surface area contributed by atoms with Crippen molar-refractivity contribution < 1.29 is 14.3 Å². The highest BCUT2D eigenvalue weighted by Crippen LogP contribution is 2.28. The normalized spacial score (nSPS) is 18.4. The third-order valence-corrected chi connectivity index (χ3v) is 6.89. The van der Waals surface area contributed by atoms with Gasteiger partial charge in [-0.15, -0.1) is 0 Å². The fourth-order valence-corrected chi connectivity index (χ4v) is 4.73. The number of piperidine rings is 1. The van der Waals surface area contributed by atoms with Gasteiger partial charge in [-0.05, 0) is 36.1 Å². The second-order valence-electron chi connectivity index (χ2n) is 8.81. The highest BCUT2D eigenvalue weighted by Gasteiger charge is 2.32. The Morgan fingerprint density at radius 3 is 2.53 bits per heavy atom. The quantitative estimate of drug-likeness (QED) is 0.602. The molecule has 34 heavy (non-hydrogen) atoms. The van der Waals surface area contributed by atoms with Gasteiger partial charge in [-0.3, -0.25) is 9.59 Å². The summed E-state index contributed by atoms with van der Waals surface area (Å²) in [6.07, 6.45) is 2.97. The number of carbonyl (C=O) groups excluding carboxylic acids is 2. The van der Waals surface area contributed by atoms with E-state index in [1.54, 1.807) is 11.2 Å². The number of nitrogens with one attached hydrogen (secondary N) is 1. The molecule has 2 aliphatic heterocycles. The summed E-state index contributed by atoms with van der Waals surface area (Å²) in [5, 5.41) is 3.68. The molecule has 1 aromatic heterocycles. The van der Waals surface area contributed by atoms with Crippen LogP contribution in [0.15, 0.2) is 60.9 Å². The summed E-state index contributed by atoms with van der Waals surface area (Å²) in [4.78, 5) is 32.0. The van der Waals surface area contributed by atoms with E-state index in [9.17, 15) is 9.59 Å². The molecule has 1 unspecified atom stereocenters. The average molecular weight is 479 g/mol. The zero-order chi connectivity index (χ0) is 23.5. The Kier molecular flexibility index (Phi) is 6.65. The molecule has 1 N–H and O–H groups in total. The molecule has 0 aliphatic carbocycles. The van der Waals surface area contributed by atoms with E-state index in [0.717, 1.165) is 16.8 Å². The summed E-state index contributed by atoms with van der Waals surface area (Å²) < 4.78 is 8.07. The Balaban J connectivity index is 1.15. The molecular weight excluding hydrogens is 452 g/mol. The lowest BCUT2D eigenvalue weighted by atomic mass is 9.95. The van der Waals surface area contributed by atoms with Crippen LogP contribution in [0.1, 0.15) is 46.3 Å². The SMILES string of the molecule is O=C(NCc1ccc(Cl)cc1)C1CCN(C(=O)c2ncn3c2COC(c2ccccc2)C3)CC1. The lowest BCUT2D eigenvalue weighted by Crippen LogP contribution is -2.43. The monoisotopic (exact) mass is 478 g/mol. The van der Waals surface area contributed by atoms with Gasteiger partial charge in [-0.25, -0.2) is 4.98 Å². The number of imidazole rings is 1. The van der Waals surface area contributed by atoms with Crippen molar-refractivity contribution in [1.82, 2.24) is 19.8 Å². The molecule has 2 amide bonds. The van der Waals surface area contributed by atoms with Crippen molar-refractivity contribution in [3.63, 3.8) is 0 Å². The van der Waals surface area contributed by atoms with Crippen molar-refractivity contribution in [2.45, 2.75) is 38.6 Å². The summed E-state index contributed by atoms with van der Waals surface area (Å²) in [5.74, 6) is -0.153. The van der Waals surface area contributed by atoms with Crippen molar-refractivity contribution >= 4 is 23.4 Å². The second-order valence-corrected chi connectivity index (χ2v) is 9.25. The molecule has 7 nitrogen and oxygen atoms in total. The van der Waals surface area contributed by atoms with E-state index in [4.69, 9.17) is 16.3 Å². The van der Waals surface area contributed by atoms with E-state index in [0.29, 0.717) is 56.3 Å². The summed E-state index contributed by atoms with van der Waals surface area (Å²) in [6.45, 7) is 2.54. The topological polar surface area (TPSA) is 76.5 Å². The molecular formula is C26H27ClN4O3. The van der Waals surface area contributed by atoms with Gasteiger partial charge >= 0.3 is 0 Å². The number of hydrogen-bond acceptors (Lipinski definition) is 4. The van der Waals surface area contributed by atoms with Crippen molar-refractivity contribution in [2.24, 2.45) is 5.92 Å². The first-order chi connectivity index (χ1) is 16.6. The molecule has 8 heteroatoms. The molecule has 1 saturated heterocycles. The Bertz CT molecular complexity index is 1150. The Hall–Kier alpha value is -3.16. The number of aromatic nitrogens is 2. The molecule has 0 spiro atoms. The van der Waals surface area contributed by atoms with E-state index >= 15 is 0 Å². The molecule has 2 aliphatic rings. The lowest BCUT2D eigenvalue weighted by molar-refractivity contribution is -0.126. The summed E-state index contributed by atoms with van der Waals surface area (Å²) in [7, 11) is 0. The van der Waals surface area contributed by atoms with Gasteiger partial charge in [0, 0.05) is 30.6 Å². The first-order valence-electron chi connectivity index (χ1n) is 11.6. The van der Waals surface area contributed by atoms with Gasteiger partial charge in [0.05, 0.1) is 25.2 Å². The van der Waals surface area contributed by atoms with Crippen LogP contribution >= 0.6 is 11.6 Å². The minimum Gasteiger partial charge on any atom is -0.365 e. The van der Waals surface area contributed by atoms with E-state index in [1.165, 1.54) is 0 Å². The molecule has 2 aromatic carbocycles. The van der Waals surface area contributed by atoms with Crippen molar-refractivity contribution in [2.75, 3.05) is 13.1 Å². The highest BCUT2D eigenvalue weighted by atomic mass is 35.5. The zero-order valence-corrected chi connectivity index (χ0v) is 19.6. The van der Waals surface area contributed by atoms with Crippen LogP contribution in [0.5, 0.6) is 0 Å². The minimum atomic E-state index is -0.0952. The Labute approximate surface area is 203 Å². The predicted octanol–water partition coefficient (Wildman–Crippen LogP) is 3.98. The third kappa shape index (κ3) is 4.86. The minimum absolute atomic E-state index is 0.0294. The van der Waals surface area contributed by atoms with Crippen molar-refractivity contribution in [3.8, 4) is 0 Å². The molecule has 0 saturated carbocycles. The Morgan fingerprint density at radius 2 is 1.79 bits per heavy atom. The number of ether oxygens (including phenoxy) is 1. The number of halogens is 1. The maximum atomic E-state index is 13.2. The van der Waals surface area contributed by atoms with Crippen LogP contribution in [0.25, 0.3) is 0 Å². The van der Waals surface area contributed by atoms with Crippen LogP contribution in [0.2, 0.25) is 5.02 Å². The molecule has 0 radical (unpaired) electrons. The summed E-state index contributed by atoms with van der Waals surface area (Å²) in [6, 6.07) is 17.5. The highest BCUT2D eigenvalue weighted by molar-refractivity contribution is 6.30. The Morgan fingerprint density at radius 1 is 1.06 bits per heavy atom. The van der Waals surface area contributed by atoms with Gasteiger partial charge in [0.25, 0.3) is 5.91 Å². The molecule has 5 rings (SSSR count). The van der Waals surface area contributed by atoms with E-state index in [-0.39, 0.29) is 23.8 Å². The number of carbonyl (C=O) groups is 2. The van der Waals surface area contributed by atoms with Crippen LogP contribution in [0.4, 0.5) is 0 Å². The number of rotatable bonds is 5. The molecule has 1 fully saturated rings. The largest absolute Gasteiger partial charge is 0.365 e. The van der Waals surface area contributed by atoms with E-state index < -0.39 is 0 Å². The number of nitrogens with zero attached hydrogens (tertiary/aromatic N) is 3. The van der Waals surface area contributed by atoms with E-state index in [2.05, 4.69) is 22.4 Å². The average Bonchev–Trinajstić information content (AvgIpc) is 3.32. The third-order valence-electron chi connectivity index (χ3n) is 6.64. The standard InChI is InChI=1S/C26H27ClN4O3/c27-21-8-6-18(7-9-21)14-28-25(32)20-10-12-30(13-11-20)26(33)24-22-16-34-23(15-31(22)17-29-24)19-4-2-1-3-5-19/h1-9,17,20,23H,10-16H2,(H,28,32). The zero-order valence-electron chi connectivity index (χ0n) is 18.8. The number of amides is 2. The van der Waals surface area contributed by atoms with E-state index in [1.807, 2.05) is 47.0 Å². The predicted molar refractivity (Wildman–Crippen MR) is 128 cm³/mol. The van der Waals surface area contributed by atoms with Gasteiger partial charge in [0.15, 0.2) is 5.69 Å². The molecule has 1 atom stereocenters. The number of fused-ring (bicyclic) bond motifs is 1. The smallest absolute Gasteiger partial charge is 0.274 e. The number of benzene rings is 2. The van der Waals surface area contributed by atoms with Crippen LogP contribution in [0, 0.1) is 5.92 Å². The first kappa shape index (κ1) is 22.6. The van der Waals surface area contributed by atoms with Crippen LogP contribution < -0.4 is 5.32 Å². The van der Waals surface area contributed by atoms with Crippen LogP contribution in [-0.4, -0.2) is 39.4 Å². The van der Waals surface area contributed by atoms with Gasteiger partial charge < -0.3 is 19.5 Å². The molecule has 176 valence electrons. The van der Waals surface area contributed by atoms with Gasteiger partial charge in [0.2, 0.25) is 5.91 Å². The van der Waals surface area contributed by atoms with Crippen LogP contribution in [-0.2, 0) is 29.2 Å². The maximum Gasteiger partial charge on any atom is 0.274 e. The molecule has 0 bridgehead atoms. The molecule has 3 heterocycles. The summed E-state index contributed by atoms with van der Waals surface area (Å²) in [5.41, 5.74) is 3.40. The van der Waals surface area contributed by atoms with Crippen LogP contribution in [0.3, 0.4) is 0 Å². The first-order valence-corrected chi connectivity index (χ1v) is 12.0. The second kappa shape index (κ2) is 9.99.